The zero-order valence-electron chi connectivity index (χ0n) is 8.11. The molecule has 0 aliphatic carbocycles. The van der Waals surface area contributed by atoms with Crippen molar-refractivity contribution in [1.29, 1.82) is 0 Å². The van der Waals surface area contributed by atoms with Crippen LogP contribution < -0.4 is 0 Å². The molecule has 0 saturated heterocycles. The maximum Gasteiger partial charge on any atom is 0.0409 e. The van der Waals surface area contributed by atoms with Crippen LogP contribution in [0, 0.1) is 0 Å². The quantitative estimate of drug-likeness (QED) is 0.711. The van der Waals surface area contributed by atoms with Gasteiger partial charge in [0.1, 0.15) is 0 Å². The first-order chi connectivity index (χ1) is 7.33. The largest absolute Gasteiger partial charge is 0.265 e. The average molecular weight is 285 g/mol. The SMILES string of the molecule is Clc1cccc(CBr)c1.c1ccncc1. The first kappa shape index (κ1) is 12.2. The lowest BCUT2D eigenvalue weighted by Crippen LogP contribution is -1.73. The van der Waals surface area contributed by atoms with Gasteiger partial charge in [0, 0.05) is 22.7 Å². The molecular formula is C12H11BrClN. The Morgan fingerprint density at radius 1 is 1.07 bits per heavy atom. The number of benzene rings is 1. The van der Waals surface area contributed by atoms with Crippen molar-refractivity contribution in [2.75, 3.05) is 0 Å². The lowest BCUT2D eigenvalue weighted by Gasteiger charge is -1.92. The number of nitrogens with zero attached hydrogens (tertiary/aromatic N) is 1. The Hall–Kier alpha value is -0.860. The Labute approximate surface area is 103 Å². The van der Waals surface area contributed by atoms with Gasteiger partial charge >= 0.3 is 0 Å². The van der Waals surface area contributed by atoms with E-state index in [0.29, 0.717) is 0 Å². The Kier molecular flexibility index (Phi) is 6.05. The summed E-state index contributed by atoms with van der Waals surface area (Å²) < 4.78 is 0. The molecule has 3 heteroatoms. The molecule has 0 unspecified atom stereocenters. The molecule has 0 aliphatic heterocycles. The Morgan fingerprint density at radius 3 is 2.13 bits per heavy atom. The number of rotatable bonds is 1. The van der Waals surface area contributed by atoms with Crippen molar-refractivity contribution in [1.82, 2.24) is 4.98 Å². The van der Waals surface area contributed by atoms with Crippen LogP contribution in [0.15, 0.2) is 54.9 Å². The molecule has 0 atom stereocenters. The van der Waals surface area contributed by atoms with Crippen LogP contribution in [0.4, 0.5) is 0 Å². The molecule has 2 rings (SSSR count). The maximum atomic E-state index is 5.70. The zero-order valence-corrected chi connectivity index (χ0v) is 10.4. The molecule has 2 aromatic rings. The lowest BCUT2D eigenvalue weighted by atomic mass is 10.2. The van der Waals surface area contributed by atoms with Gasteiger partial charge in [-0.2, -0.15) is 0 Å². The fourth-order valence-corrected chi connectivity index (χ4v) is 1.49. The molecule has 1 heterocycles. The molecule has 0 radical (unpaired) electrons. The molecule has 1 aromatic carbocycles. The first-order valence-corrected chi connectivity index (χ1v) is 5.98. The number of pyridine rings is 1. The highest BCUT2D eigenvalue weighted by Crippen LogP contribution is 2.12. The second-order valence-electron chi connectivity index (χ2n) is 2.79. The smallest absolute Gasteiger partial charge is 0.0409 e. The third-order valence-corrected chi connectivity index (χ3v) is 2.49. The predicted molar refractivity (Wildman–Crippen MR) is 68.3 cm³/mol. The molecule has 0 N–H and O–H groups in total. The van der Waals surface area contributed by atoms with E-state index in [2.05, 4.69) is 20.9 Å². The van der Waals surface area contributed by atoms with E-state index in [0.717, 1.165) is 10.4 Å². The molecule has 15 heavy (non-hydrogen) atoms. The van der Waals surface area contributed by atoms with Gasteiger partial charge in [-0.25, -0.2) is 0 Å². The van der Waals surface area contributed by atoms with Crippen LogP contribution in [0.1, 0.15) is 5.56 Å². The number of hydrogen-bond acceptors (Lipinski definition) is 1. The van der Waals surface area contributed by atoms with Crippen LogP contribution in [-0.4, -0.2) is 4.98 Å². The minimum atomic E-state index is 0.798. The summed E-state index contributed by atoms with van der Waals surface area (Å²) in [5, 5.41) is 1.67. The standard InChI is InChI=1S/C7H6BrCl.C5H5N/c8-5-6-2-1-3-7(9)4-6;1-2-4-6-5-3-1/h1-4H,5H2;1-5H. The van der Waals surface area contributed by atoms with E-state index in [1.807, 2.05) is 42.5 Å². The number of hydrogen-bond donors (Lipinski definition) is 0. The summed E-state index contributed by atoms with van der Waals surface area (Å²) in [4.78, 5) is 3.78. The van der Waals surface area contributed by atoms with Gasteiger partial charge in [-0.3, -0.25) is 4.98 Å². The van der Waals surface area contributed by atoms with Gasteiger partial charge in [-0.15, -0.1) is 0 Å². The summed E-state index contributed by atoms with van der Waals surface area (Å²) in [5.41, 5.74) is 1.21. The number of halogens is 2. The van der Waals surface area contributed by atoms with Gasteiger partial charge in [0.25, 0.3) is 0 Å². The fourth-order valence-electron chi connectivity index (χ4n) is 0.933. The minimum absolute atomic E-state index is 0.798. The van der Waals surface area contributed by atoms with E-state index in [4.69, 9.17) is 11.6 Å². The van der Waals surface area contributed by atoms with Crippen molar-refractivity contribution in [3.8, 4) is 0 Å². The van der Waals surface area contributed by atoms with Crippen molar-refractivity contribution in [2.45, 2.75) is 5.33 Å². The molecule has 0 bridgehead atoms. The van der Waals surface area contributed by atoms with Gasteiger partial charge in [0.05, 0.1) is 0 Å². The summed E-state index contributed by atoms with van der Waals surface area (Å²) in [6.45, 7) is 0. The molecular weight excluding hydrogens is 273 g/mol. The summed E-state index contributed by atoms with van der Waals surface area (Å²) in [6, 6.07) is 13.5. The fraction of sp³-hybridized carbons (Fsp3) is 0.0833. The van der Waals surface area contributed by atoms with E-state index in [1.165, 1.54) is 5.56 Å². The molecule has 0 fully saturated rings. The normalized spacial score (nSPS) is 8.93. The highest BCUT2D eigenvalue weighted by molar-refractivity contribution is 9.08. The van der Waals surface area contributed by atoms with E-state index in [-0.39, 0.29) is 0 Å². The van der Waals surface area contributed by atoms with Crippen LogP contribution >= 0.6 is 27.5 Å². The van der Waals surface area contributed by atoms with E-state index >= 15 is 0 Å². The van der Waals surface area contributed by atoms with Crippen LogP contribution in [0.25, 0.3) is 0 Å². The first-order valence-electron chi connectivity index (χ1n) is 4.48. The van der Waals surface area contributed by atoms with Crippen molar-refractivity contribution in [3.63, 3.8) is 0 Å². The Balaban J connectivity index is 0.000000162. The monoisotopic (exact) mass is 283 g/mol. The summed E-state index contributed by atoms with van der Waals surface area (Å²) >= 11 is 9.04. The summed E-state index contributed by atoms with van der Waals surface area (Å²) in [6.07, 6.45) is 3.50. The zero-order chi connectivity index (χ0) is 10.9. The van der Waals surface area contributed by atoms with Crippen molar-refractivity contribution < 1.29 is 0 Å². The predicted octanol–water partition coefficient (Wildman–Crippen LogP) is 4.32. The summed E-state index contributed by atoms with van der Waals surface area (Å²) in [5.74, 6) is 0. The third-order valence-electron chi connectivity index (χ3n) is 1.61. The van der Waals surface area contributed by atoms with Crippen LogP contribution in [-0.2, 0) is 5.33 Å². The van der Waals surface area contributed by atoms with Gasteiger partial charge in [0.15, 0.2) is 0 Å². The van der Waals surface area contributed by atoms with Crippen LogP contribution in [0.3, 0.4) is 0 Å². The molecule has 0 saturated carbocycles. The average Bonchev–Trinajstić information content (AvgIpc) is 2.32. The Morgan fingerprint density at radius 2 is 1.80 bits per heavy atom. The van der Waals surface area contributed by atoms with Gasteiger partial charge < -0.3 is 0 Å². The molecule has 0 amide bonds. The van der Waals surface area contributed by atoms with Gasteiger partial charge in [-0.1, -0.05) is 45.7 Å². The topological polar surface area (TPSA) is 12.9 Å². The second kappa shape index (κ2) is 7.43. The molecule has 1 aromatic heterocycles. The maximum absolute atomic E-state index is 5.70. The Bertz CT molecular complexity index is 352. The number of alkyl halides is 1. The minimum Gasteiger partial charge on any atom is -0.265 e. The molecule has 78 valence electrons. The summed E-state index contributed by atoms with van der Waals surface area (Å²) in [7, 11) is 0. The second-order valence-corrected chi connectivity index (χ2v) is 3.79. The van der Waals surface area contributed by atoms with Gasteiger partial charge in [-0.05, 0) is 29.8 Å². The molecule has 0 spiro atoms. The molecule has 0 aliphatic rings. The van der Waals surface area contributed by atoms with E-state index < -0.39 is 0 Å². The van der Waals surface area contributed by atoms with E-state index in [1.54, 1.807) is 12.4 Å². The van der Waals surface area contributed by atoms with Crippen LogP contribution in [0.2, 0.25) is 5.02 Å². The highest BCUT2D eigenvalue weighted by atomic mass is 79.9. The highest BCUT2D eigenvalue weighted by Gasteiger charge is 1.88. The number of aromatic nitrogens is 1. The van der Waals surface area contributed by atoms with Crippen LogP contribution in [0.5, 0.6) is 0 Å². The third kappa shape index (κ3) is 5.55. The van der Waals surface area contributed by atoms with Crippen molar-refractivity contribution in [3.05, 3.63) is 65.4 Å². The van der Waals surface area contributed by atoms with Gasteiger partial charge in [0.2, 0.25) is 0 Å². The van der Waals surface area contributed by atoms with Crippen molar-refractivity contribution >= 4 is 27.5 Å². The van der Waals surface area contributed by atoms with Crippen molar-refractivity contribution in [2.24, 2.45) is 0 Å². The lowest BCUT2D eigenvalue weighted by molar-refractivity contribution is 1.33. The molecule has 1 nitrogen and oxygen atoms in total. The van der Waals surface area contributed by atoms with E-state index in [9.17, 15) is 0 Å².